The predicted octanol–water partition coefficient (Wildman–Crippen LogP) is 0.685. The van der Waals surface area contributed by atoms with Crippen LogP contribution in [0, 0.1) is 0 Å². The molecule has 0 radical (unpaired) electrons. The summed E-state index contributed by atoms with van der Waals surface area (Å²) >= 11 is 1.27. The van der Waals surface area contributed by atoms with E-state index in [0.29, 0.717) is 10.7 Å². The summed E-state index contributed by atoms with van der Waals surface area (Å²) in [6.07, 6.45) is 6.16. The second-order valence-electron chi connectivity index (χ2n) is 4.51. The lowest BCUT2D eigenvalue weighted by atomic mass is 10.3. The highest BCUT2D eigenvalue weighted by Crippen LogP contribution is 2.22. The highest BCUT2D eigenvalue weighted by atomic mass is 32.1. The van der Waals surface area contributed by atoms with Crippen LogP contribution in [0.2, 0.25) is 0 Å². The molecule has 3 heterocycles. The molecular formula is C13H11N7O2S. The van der Waals surface area contributed by atoms with Crippen molar-refractivity contribution in [1.82, 2.24) is 24.7 Å². The van der Waals surface area contributed by atoms with E-state index in [4.69, 9.17) is 5.73 Å². The summed E-state index contributed by atoms with van der Waals surface area (Å²) in [6, 6.07) is 0. The Morgan fingerprint density at radius 1 is 1.35 bits per heavy atom. The number of nitrogens with zero attached hydrogens (tertiary/aromatic N) is 5. The minimum Gasteiger partial charge on any atom is -0.364 e. The molecule has 0 bridgehead atoms. The van der Waals surface area contributed by atoms with Gasteiger partial charge < -0.3 is 11.1 Å². The number of anilines is 1. The third-order valence-corrected chi connectivity index (χ3v) is 3.69. The van der Waals surface area contributed by atoms with Crippen LogP contribution < -0.4 is 11.1 Å². The quantitative estimate of drug-likeness (QED) is 0.724. The smallest absolute Gasteiger partial charge is 0.275 e. The molecule has 2 amide bonds. The second-order valence-corrected chi connectivity index (χ2v) is 5.37. The maximum absolute atomic E-state index is 12.3. The van der Waals surface area contributed by atoms with Gasteiger partial charge in [-0.05, 0) is 0 Å². The fraction of sp³-hybridized carbons (Fsp3) is 0.0769. The standard InChI is InChI=1S/C13H11N7O2S/c1-20-5-8(10(19-20)11(14)21)17-12(22)9-6-23-13(18-9)7-4-15-2-3-16-7/h2-6H,1H3,(H2,14,21)(H,17,22). The summed E-state index contributed by atoms with van der Waals surface area (Å²) in [6.45, 7) is 0. The lowest BCUT2D eigenvalue weighted by molar-refractivity contribution is 0.0995. The van der Waals surface area contributed by atoms with Crippen LogP contribution in [0.15, 0.2) is 30.2 Å². The highest BCUT2D eigenvalue weighted by molar-refractivity contribution is 7.13. The number of nitrogens with two attached hydrogens (primary N) is 1. The van der Waals surface area contributed by atoms with Crippen molar-refractivity contribution >= 4 is 28.8 Å². The van der Waals surface area contributed by atoms with E-state index in [9.17, 15) is 9.59 Å². The second kappa shape index (κ2) is 5.93. The zero-order valence-electron chi connectivity index (χ0n) is 11.9. The first kappa shape index (κ1) is 14.8. The number of primary amides is 1. The van der Waals surface area contributed by atoms with Gasteiger partial charge in [-0.1, -0.05) is 0 Å². The Bertz CT molecular complexity index is 872. The fourth-order valence-electron chi connectivity index (χ4n) is 1.85. The number of rotatable bonds is 4. The average Bonchev–Trinajstić information content (AvgIpc) is 3.15. The molecule has 0 aromatic carbocycles. The molecule has 0 spiro atoms. The van der Waals surface area contributed by atoms with Crippen molar-refractivity contribution in [3.63, 3.8) is 0 Å². The molecule has 0 aliphatic heterocycles. The van der Waals surface area contributed by atoms with Crippen molar-refractivity contribution in [3.8, 4) is 10.7 Å². The van der Waals surface area contributed by atoms with Crippen LogP contribution in [0.1, 0.15) is 21.0 Å². The van der Waals surface area contributed by atoms with Crippen molar-refractivity contribution in [2.45, 2.75) is 0 Å². The first-order valence-corrected chi connectivity index (χ1v) is 7.29. The monoisotopic (exact) mass is 329 g/mol. The van der Waals surface area contributed by atoms with E-state index in [2.05, 4.69) is 25.4 Å². The molecule has 3 aromatic heterocycles. The van der Waals surface area contributed by atoms with Crippen LogP contribution >= 0.6 is 11.3 Å². The molecule has 23 heavy (non-hydrogen) atoms. The van der Waals surface area contributed by atoms with Gasteiger partial charge >= 0.3 is 0 Å². The average molecular weight is 329 g/mol. The van der Waals surface area contributed by atoms with Crippen molar-refractivity contribution in [1.29, 1.82) is 0 Å². The Balaban J connectivity index is 1.82. The lowest BCUT2D eigenvalue weighted by Gasteiger charge is -2.00. The third kappa shape index (κ3) is 3.06. The van der Waals surface area contributed by atoms with Crippen LogP contribution in [0.4, 0.5) is 5.69 Å². The zero-order chi connectivity index (χ0) is 16.4. The lowest BCUT2D eigenvalue weighted by Crippen LogP contribution is -2.18. The van der Waals surface area contributed by atoms with Gasteiger partial charge in [0.25, 0.3) is 11.8 Å². The third-order valence-electron chi connectivity index (χ3n) is 2.83. The van der Waals surface area contributed by atoms with Crippen LogP contribution in [0.5, 0.6) is 0 Å². The van der Waals surface area contributed by atoms with Crippen molar-refractivity contribution in [2.75, 3.05) is 5.32 Å². The van der Waals surface area contributed by atoms with E-state index >= 15 is 0 Å². The van der Waals surface area contributed by atoms with Gasteiger partial charge in [0.05, 0.1) is 11.9 Å². The molecule has 0 atom stereocenters. The molecule has 9 nitrogen and oxygen atoms in total. The number of carbonyl (C=O) groups is 2. The van der Waals surface area contributed by atoms with Crippen LogP contribution in [-0.2, 0) is 7.05 Å². The minimum absolute atomic E-state index is 0.00905. The number of thiazole rings is 1. The topological polar surface area (TPSA) is 129 Å². The molecule has 0 aliphatic rings. The molecule has 0 aliphatic carbocycles. The number of nitrogens with one attached hydrogen (secondary N) is 1. The summed E-state index contributed by atoms with van der Waals surface area (Å²) in [5.74, 6) is -1.19. The summed E-state index contributed by atoms with van der Waals surface area (Å²) in [7, 11) is 1.62. The Hall–Kier alpha value is -3.14. The maximum atomic E-state index is 12.3. The van der Waals surface area contributed by atoms with Gasteiger partial charge in [0.2, 0.25) is 0 Å². The highest BCUT2D eigenvalue weighted by Gasteiger charge is 2.18. The van der Waals surface area contributed by atoms with Gasteiger partial charge in [-0.25, -0.2) is 4.98 Å². The van der Waals surface area contributed by atoms with Crippen molar-refractivity contribution in [3.05, 3.63) is 41.6 Å². The fourth-order valence-corrected chi connectivity index (χ4v) is 2.61. The molecule has 0 unspecified atom stereocenters. The molecule has 3 aromatic rings. The largest absolute Gasteiger partial charge is 0.364 e. The molecule has 116 valence electrons. The number of carbonyl (C=O) groups excluding carboxylic acids is 2. The normalized spacial score (nSPS) is 10.5. The Labute approximate surface area is 134 Å². The predicted molar refractivity (Wildman–Crippen MR) is 82.8 cm³/mol. The van der Waals surface area contributed by atoms with Crippen molar-refractivity contribution < 1.29 is 9.59 Å². The molecule has 0 saturated carbocycles. The number of aromatic nitrogens is 5. The van der Waals surface area contributed by atoms with E-state index in [-0.39, 0.29) is 17.1 Å². The molecule has 3 N–H and O–H groups in total. The zero-order valence-corrected chi connectivity index (χ0v) is 12.7. The first-order chi connectivity index (χ1) is 11.0. The SMILES string of the molecule is Cn1cc(NC(=O)c2csc(-c3cnccn3)n2)c(C(N)=O)n1. The molecule has 10 heteroatoms. The van der Waals surface area contributed by atoms with Gasteiger partial charge in [0.15, 0.2) is 5.69 Å². The summed E-state index contributed by atoms with van der Waals surface area (Å²) in [4.78, 5) is 35.9. The summed E-state index contributed by atoms with van der Waals surface area (Å²) in [5.41, 5.74) is 6.24. The molecule has 0 saturated heterocycles. The number of hydrogen-bond acceptors (Lipinski definition) is 7. The van der Waals surface area contributed by atoms with Gasteiger partial charge in [-0.2, -0.15) is 5.10 Å². The first-order valence-electron chi connectivity index (χ1n) is 6.41. The van der Waals surface area contributed by atoms with Crippen LogP contribution in [-0.4, -0.2) is 36.5 Å². The Morgan fingerprint density at radius 2 is 2.17 bits per heavy atom. The summed E-state index contributed by atoms with van der Waals surface area (Å²) in [5, 5.41) is 8.65. The Kier molecular flexibility index (Phi) is 3.81. The number of amides is 2. The van der Waals surface area contributed by atoms with Crippen LogP contribution in [0.25, 0.3) is 10.7 Å². The van der Waals surface area contributed by atoms with E-state index in [1.807, 2.05) is 0 Å². The number of hydrogen-bond donors (Lipinski definition) is 2. The van der Waals surface area contributed by atoms with Crippen LogP contribution in [0.3, 0.4) is 0 Å². The summed E-state index contributed by atoms with van der Waals surface area (Å²) < 4.78 is 1.39. The molecule has 3 rings (SSSR count). The van der Waals surface area contributed by atoms with Gasteiger partial charge in [0.1, 0.15) is 16.4 Å². The van der Waals surface area contributed by atoms with E-state index in [0.717, 1.165) is 0 Å². The minimum atomic E-state index is -0.723. The molecular weight excluding hydrogens is 318 g/mol. The molecule has 0 fully saturated rings. The van der Waals surface area contributed by atoms with E-state index in [1.54, 1.807) is 31.0 Å². The number of aryl methyl sites for hydroxylation is 1. The van der Waals surface area contributed by atoms with Crippen molar-refractivity contribution in [2.24, 2.45) is 12.8 Å². The van der Waals surface area contributed by atoms with Gasteiger partial charge in [0, 0.05) is 31.0 Å². The Morgan fingerprint density at radius 3 is 2.87 bits per heavy atom. The van der Waals surface area contributed by atoms with Gasteiger partial charge in [-0.3, -0.25) is 24.2 Å². The van der Waals surface area contributed by atoms with Gasteiger partial charge in [-0.15, -0.1) is 11.3 Å². The maximum Gasteiger partial charge on any atom is 0.275 e. The van der Waals surface area contributed by atoms with E-state index in [1.165, 1.54) is 22.2 Å². The van der Waals surface area contributed by atoms with E-state index < -0.39 is 11.8 Å².